The van der Waals surface area contributed by atoms with Crippen molar-refractivity contribution in [3.63, 3.8) is 0 Å². The van der Waals surface area contributed by atoms with E-state index >= 15 is 0 Å². The summed E-state index contributed by atoms with van der Waals surface area (Å²) in [5, 5.41) is 2.36. The van der Waals surface area contributed by atoms with Crippen molar-refractivity contribution >= 4 is 73.7 Å². The van der Waals surface area contributed by atoms with Crippen LogP contribution in [0.15, 0.2) is 12.1 Å². The Balaban J connectivity index is 1.88. The average molecular weight is 612 g/mol. The van der Waals surface area contributed by atoms with Crippen molar-refractivity contribution in [2.75, 3.05) is 19.7 Å². The van der Waals surface area contributed by atoms with E-state index in [9.17, 15) is 4.79 Å². The molecular formula is C14H17I3NO2+. The van der Waals surface area contributed by atoms with Crippen LogP contribution in [0.1, 0.15) is 29.6 Å². The standard InChI is InChI=1S/C14H16I3NO2/c15-10-7-11(13(17)12(16)8-10)14(19)20-6-3-9-1-4-18-5-2-9/h7-9,18H,1-6H2/p+1. The van der Waals surface area contributed by atoms with Crippen molar-refractivity contribution in [3.8, 4) is 0 Å². The summed E-state index contributed by atoms with van der Waals surface area (Å²) in [5.41, 5.74) is 0.693. The molecule has 0 saturated carbocycles. The molecule has 110 valence electrons. The van der Waals surface area contributed by atoms with Crippen molar-refractivity contribution in [2.45, 2.75) is 19.3 Å². The van der Waals surface area contributed by atoms with Crippen molar-refractivity contribution in [1.82, 2.24) is 0 Å². The highest BCUT2D eigenvalue weighted by Gasteiger charge is 2.18. The topological polar surface area (TPSA) is 42.9 Å². The average Bonchev–Trinajstić information content (AvgIpc) is 2.44. The second kappa shape index (κ2) is 8.47. The maximum absolute atomic E-state index is 12.2. The Labute approximate surface area is 160 Å². The number of ether oxygens (including phenoxy) is 1. The fourth-order valence-electron chi connectivity index (χ4n) is 2.39. The molecule has 0 unspecified atom stereocenters. The zero-order valence-electron chi connectivity index (χ0n) is 11.0. The summed E-state index contributed by atoms with van der Waals surface area (Å²) in [6, 6.07) is 3.97. The van der Waals surface area contributed by atoms with Crippen LogP contribution < -0.4 is 5.32 Å². The number of hydrogen-bond donors (Lipinski definition) is 1. The molecule has 1 heterocycles. The van der Waals surface area contributed by atoms with E-state index in [0.29, 0.717) is 12.2 Å². The quantitative estimate of drug-likeness (QED) is 0.323. The molecule has 1 fully saturated rings. The van der Waals surface area contributed by atoms with Gasteiger partial charge in [0.2, 0.25) is 0 Å². The summed E-state index contributed by atoms with van der Waals surface area (Å²) >= 11 is 6.71. The van der Waals surface area contributed by atoms with Crippen LogP contribution in [0.3, 0.4) is 0 Å². The first-order valence-electron chi connectivity index (χ1n) is 6.71. The number of piperidine rings is 1. The van der Waals surface area contributed by atoms with Gasteiger partial charge in [0.05, 0.1) is 25.3 Å². The third-order valence-corrected chi connectivity index (χ3v) is 7.20. The van der Waals surface area contributed by atoms with Crippen LogP contribution in [-0.4, -0.2) is 25.7 Å². The summed E-state index contributed by atoms with van der Waals surface area (Å²) in [6.07, 6.45) is 3.49. The molecule has 0 amide bonds. The number of carbonyl (C=O) groups is 1. The van der Waals surface area contributed by atoms with E-state index in [2.05, 4.69) is 79.2 Å². The molecule has 1 aliphatic rings. The first-order chi connectivity index (χ1) is 9.58. The number of halogens is 3. The second-order valence-corrected chi connectivity index (χ2v) is 8.47. The Hall–Kier alpha value is 0.840. The molecule has 1 aliphatic heterocycles. The van der Waals surface area contributed by atoms with Gasteiger partial charge in [0, 0.05) is 10.7 Å². The number of esters is 1. The zero-order chi connectivity index (χ0) is 14.5. The Kier molecular flexibility index (Phi) is 7.28. The van der Waals surface area contributed by atoms with E-state index in [1.165, 1.54) is 25.9 Å². The van der Waals surface area contributed by atoms with Crippen molar-refractivity contribution in [1.29, 1.82) is 0 Å². The van der Waals surface area contributed by atoms with Crippen LogP contribution in [0.4, 0.5) is 0 Å². The number of quaternary nitrogens is 1. The predicted octanol–water partition coefficient (Wildman–Crippen LogP) is 3.02. The second-order valence-electron chi connectivity index (χ2n) is 4.98. The Morgan fingerprint density at radius 3 is 2.65 bits per heavy atom. The van der Waals surface area contributed by atoms with Gasteiger partial charge in [0.15, 0.2) is 0 Å². The molecule has 1 aromatic rings. The molecule has 0 aliphatic carbocycles. The van der Waals surface area contributed by atoms with Crippen molar-refractivity contribution in [3.05, 3.63) is 28.4 Å². The number of benzene rings is 1. The highest BCUT2D eigenvalue weighted by molar-refractivity contribution is 14.1. The van der Waals surface area contributed by atoms with Gasteiger partial charge in [-0.05, 0) is 105 Å². The number of nitrogens with two attached hydrogens (primary N) is 1. The molecule has 0 spiro atoms. The molecule has 6 heteroatoms. The van der Waals surface area contributed by atoms with E-state index in [1.54, 1.807) is 0 Å². The summed E-state index contributed by atoms with van der Waals surface area (Å²) in [4.78, 5) is 12.2. The lowest BCUT2D eigenvalue weighted by molar-refractivity contribution is -0.664. The lowest BCUT2D eigenvalue weighted by atomic mass is 9.95. The van der Waals surface area contributed by atoms with Crippen LogP contribution in [0.2, 0.25) is 0 Å². The van der Waals surface area contributed by atoms with Gasteiger partial charge < -0.3 is 10.1 Å². The minimum atomic E-state index is -0.187. The SMILES string of the molecule is O=C(OCCC1CC[NH2+]CC1)c1cc(I)cc(I)c1I. The monoisotopic (exact) mass is 612 g/mol. The van der Waals surface area contributed by atoms with Crippen LogP contribution in [-0.2, 0) is 4.74 Å². The summed E-state index contributed by atoms with van der Waals surface area (Å²) < 4.78 is 8.62. The lowest BCUT2D eigenvalue weighted by Crippen LogP contribution is -2.86. The van der Waals surface area contributed by atoms with Gasteiger partial charge in [-0.25, -0.2) is 4.79 Å². The molecule has 1 aromatic carbocycles. The molecule has 2 N–H and O–H groups in total. The lowest BCUT2D eigenvalue weighted by Gasteiger charge is -2.19. The first kappa shape index (κ1) is 17.2. The minimum Gasteiger partial charge on any atom is -0.462 e. The zero-order valence-corrected chi connectivity index (χ0v) is 17.5. The van der Waals surface area contributed by atoms with E-state index in [1.807, 2.05) is 6.07 Å². The molecule has 0 radical (unpaired) electrons. The number of rotatable bonds is 4. The molecular weight excluding hydrogens is 595 g/mol. The van der Waals surface area contributed by atoms with Crippen LogP contribution in [0.25, 0.3) is 0 Å². The third-order valence-electron chi connectivity index (χ3n) is 3.53. The van der Waals surface area contributed by atoms with E-state index < -0.39 is 0 Å². The molecule has 0 bridgehead atoms. The van der Waals surface area contributed by atoms with E-state index in [0.717, 1.165) is 23.0 Å². The summed E-state index contributed by atoms with van der Waals surface area (Å²) in [5.74, 6) is 0.538. The molecule has 1 saturated heterocycles. The smallest absolute Gasteiger partial charge is 0.339 e. The Morgan fingerprint density at radius 2 is 1.95 bits per heavy atom. The van der Waals surface area contributed by atoms with Gasteiger partial charge in [0.1, 0.15) is 0 Å². The maximum atomic E-state index is 12.2. The fraction of sp³-hybridized carbons (Fsp3) is 0.500. The van der Waals surface area contributed by atoms with Gasteiger partial charge in [0.25, 0.3) is 0 Å². The molecule has 2 rings (SSSR count). The molecule has 3 nitrogen and oxygen atoms in total. The third kappa shape index (κ3) is 4.94. The van der Waals surface area contributed by atoms with E-state index in [4.69, 9.17) is 4.74 Å². The fourth-order valence-corrected chi connectivity index (χ4v) is 4.76. The maximum Gasteiger partial charge on any atom is 0.339 e. The van der Waals surface area contributed by atoms with Gasteiger partial charge in [-0.1, -0.05) is 0 Å². The first-order valence-corrected chi connectivity index (χ1v) is 9.95. The summed E-state index contributed by atoms with van der Waals surface area (Å²) in [7, 11) is 0. The van der Waals surface area contributed by atoms with Crippen LogP contribution >= 0.6 is 67.8 Å². The van der Waals surface area contributed by atoms with Gasteiger partial charge in [-0.3, -0.25) is 0 Å². The van der Waals surface area contributed by atoms with E-state index in [-0.39, 0.29) is 5.97 Å². The Morgan fingerprint density at radius 1 is 1.25 bits per heavy atom. The molecule has 20 heavy (non-hydrogen) atoms. The largest absolute Gasteiger partial charge is 0.462 e. The molecule has 0 atom stereocenters. The normalized spacial score (nSPS) is 16.1. The van der Waals surface area contributed by atoms with Crippen molar-refractivity contribution in [2.24, 2.45) is 5.92 Å². The number of carbonyl (C=O) groups excluding carboxylic acids is 1. The minimum absolute atomic E-state index is 0.187. The van der Waals surface area contributed by atoms with Gasteiger partial charge in [-0.2, -0.15) is 0 Å². The van der Waals surface area contributed by atoms with Gasteiger partial charge >= 0.3 is 5.97 Å². The van der Waals surface area contributed by atoms with Crippen LogP contribution in [0.5, 0.6) is 0 Å². The van der Waals surface area contributed by atoms with Crippen LogP contribution in [0, 0.1) is 16.6 Å². The Bertz CT molecular complexity index is 488. The molecule has 0 aromatic heterocycles. The number of hydrogen-bond acceptors (Lipinski definition) is 2. The highest BCUT2D eigenvalue weighted by Crippen LogP contribution is 2.23. The predicted molar refractivity (Wildman–Crippen MR) is 104 cm³/mol. The summed E-state index contributed by atoms with van der Waals surface area (Å²) in [6.45, 7) is 2.97. The van der Waals surface area contributed by atoms with Crippen molar-refractivity contribution < 1.29 is 14.8 Å². The van der Waals surface area contributed by atoms with Gasteiger partial charge in [-0.15, -0.1) is 0 Å². The highest BCUT2D eigenvalue weighted by atomic mass is 127.